The lowest BCUT2D eigenvalue weighted by molar-refractivity contribution is 0.0240. The molecular weight excluding hydrogens is 510 g/mol. The highest BCUT2D eigenvalue weighted by atomic mass is 19.1. The summed E-state index contributed by atoms with van der Waals surface area (Å²) in [5, 5.41) is 3.07. The molecule has 3 aromatic rings. The van der Waals surface area contributed by atoms with Crippen LogP contribution in [0.4, 0.5) is 36.6 Å². The van der Waals surface area contributed by atoms with Crippen molar-refractivity contribution in [1.82, 2.24) is 14.9 Å². The van der Waals surface area contributed by atoms with Gasteiger partial charge in [-0.05, 0) is 57.2 Å². The van der Waals surface area contributed by atoms with Gasteiger partial charge in [-0.2, -0.15) is 4.98 Å². The van der Waals surface area contributed by atoms with Gasteiger partial charge in [-0.15, -0.1) is 0 Å². The number of para-hydroxylation sites is 1. The summed E-state index contributed by atoms with van der Waals surface area (Å²) in [6.45, 7) is 7.65. The van der Waals surface area contributed by atoms with Crippen LogP contribution in [0.5, 0.6) is 5.88 Å². The van der Waals surface area contributed by atoms with Crippen LogP contribution in [0.2, 0.25) is 0 Å². The van der Waals surface area contributed by atoms with Crippen molar-refractivity contribution in [3.05, 3.63) is 65.9 Å². The highest BCUT2D eigenvalue weighted by Gasteiger charge is 2.32. The Kier molecular flexibility index (Phi) is 6.94. The number of hydrogen-bond acceptors (Lipinski definition) is 8. The number of piperazine rings is 1. The first kappa shape index (κ1) is 26.1. The van der Waals surface area contributed by atoms with E-state index in [-0.39, 0.29) is 23.5 Å². The molecule has 10 nitrogen and oxygen atoms in total. The summed E-state index contributed by atoms with van der Waals surface area (Å²) >= 11 is 0. The molecule has 2 amide bonds. The predicted molar refractivity (Wildman–Crippen MR) is 140 cm³/mol. The Morgan fingerprint density at radius 1 is 1.03 bits per heavy atom. The zero-order chi connectivity index (χ0) is 27.7. The highest BCUT2D eigenvalue weighted by Crippen LogP contribution is 2.31. The molecule has 1 saturated heterocycles. The molecule has 1 aromatic heterocycles. The Morgan fingerprint density at radius 3 is 2.33 bits per heavy atom. The number of aromatic nitrogens is 2. The molecule has 39 heavy (non-hydrogen) atoms. The van der Waals surface area contributed by atoms with Crippen LogP contribution in [-0.2, 0) is 4.74 Å². The van der Waals surface area contributed by atoms with Crippen LogP contribution in [0.1, 0.15) is 31.1 Å². The SMILES string of the molecule is CC(C)(C)OC(=O)N1CCN(c2ccc(Nc3ncc4c(n3)OCN(c3c(F)cccc3F)C4=O)cc2)CC1. The lowest BCUT2D eigenvalue weighted by Crippen LogP contribution is -2.50. The van der Waals surface area contributed by atoms with Gasteiger partial charge in [-0.3, -0.25) is 9.69 Å². The Morgan fingerprint density at radius 2 is 1.69 bits per heavy atom. The summed E-state index contributed by atoms with van der Waals surface area (Å²) in [4.78, 5) is 38.4. The van der Waals surface area contributed by atoms with E-state index >= 15 is 0 Å². The molecule has 3 heterocycles. The average Bonchev–Trinajstić information content (AvgIpc) is 2.89. The third kappa shape index (κ3) is 5.69. The van der Waals surface area contributed by atoms with E-state index < -0.39 is 35.6 Å². The zero-order valence-corrected chi connectivity index (χ0v) is 21.8. The smallest absolute Gasteiger partial charge is 0.410 e. The number of carbonyl (C=O) groups is 2. The number of anilines is 4. The maximum atomic E-state index is 14.2. The maximum absolute atomic E-state index is 14.2. The van der Waals surface area contributed by atoms with E-state index in [2.05, 4.69) is 20.2 Å². The topological polar surface area (TPSA) is 100 Å². The number of hydrogen-bond donors (Lipinski definition) is 1. The monoisotopic (exact) mass is 538 g/mol. The second-order valence-electron chi connectivity index (χ2n) is 10.1. The Bertz CT molecular complexity index is 1370. The van der Waals surface area contributed by atoms with Gasteiger partial charge in [0.1, 0.15) is 28.5 Å². The summed E-state index contributed by atoms with van der Waals surface area (Å²) in [5.74, 6) is -2.19. The zero-order valence-electron chi connectivity index (χ0n) is 21.8. The fourth-order valence-electron chi connectivity index (χ4n) is 4.28. The largest absolute Gasteiger partial charge is 0.455 e. The van der Waals surface area contributed by atoms with E-state index in [0.29, 0.717) is 31.9 Å². The molecule has 0 unspecified atom stereocenters. The summed E-state index contributed by atoms with van der Waals surface area (Å²) in [6.07, 6.45) is 0.959. The first-order chi connectivity index (χ1) is 18.6. The molecule has 2 aliphatic heterocycles. The van der Waals surface area contributed by atoms with Gasteiger partial charge in [0.2, 0.25) is 11.8 Å². The standard InChI is InChI=1S/C27H28F2N6O4/c1-27(2,3)39-26(37)34-13-11-33(12-14-34)18-9-7-17(8-10-18)31-25-30-15-19-23(32-25)38-16-35(24(19)36)22-20(28)5-4-6-21(22)29/h4-10,15H,11-14,16H2,1-3H3,(H,30,31,32). The van der Waals surface area contributed by atoms with Crippen molar-refractivity contribution in [2.24, 2.45) is 0 Å². The number of nitrogens with zero attached hydrogens (tertiary/aromatic N) is 5. The fraction of sp³-hybridized carbons (Fsp3) is 0.333. The number of fused-ring (bicyclic) bond motifs is 1. The molecule has 0 radical (unpaired) electrons. The first-order valence-corrected chi connectivity index (χ1v) is 12.4. The Labute approximate surface area is 224 Å². The third-order valence-electron chi connectivity index (χ3n) is 6.19. The lowest BCUT2D eigenvalue weighted by Gasteiger charge is -2.36. The van der Waals surface area contributed by atoms with Crippen LogP contribution in [-0.4, -0.2) is 65.4 Å². The van der Waals surface area contributed by atoms with Gasteiger partial charge < -0.3 is 24.6 Å². The normalized spacial score (nSPS) is 15.5. The van der Waals surface area contributed by atoms with Crippen LogP contribution < -0.4 is 19.9 Å². The van der Waals surface area contributed by atoms with E-state index in [1.807, 2.05) is 45.0 Å². The second-order valence-corrected chi connectivity index (χ2v) is 10.1. The molecule has 204 valence electrons. The molecule has 2 aromatic carbocycles. The van der Waals surface area contributed by atoms with Crippen molar-refractivity contribution in [3.63, 3.8) is 0 Å². The van der Waals surface area contributed by atoms with Gasteiger partial charge in [0.25, 0.3) is 5.91 Å². The minimum absolute atomic E-state index is 0.00433. The van der Waals surface area contributed by atoms with Crippen molar-refractivity contribution in [2.45, 2.75) is 26.4 Å². The minimum atomic E-state index is -0.872. The predicted octanol–water partition coefficient (Wildman–Crippen LogP) is 4.55. The van der Waals surface area contributed by atoms with Crippen LogP contribution >= 0.6 is 0 Å². The molecule has 0 bridgehead atoms. The molecule has 0 spiro atoms. The lowest BCUT2D eigenvalue weighted by atomic mass is 10.2. The number of ether oxygens (including phenoxy) is 2. The minimum Gasteiger partial charge on any atom is -0.455 e. The van der Waals surface area contributed by atoms with Crippen LogP contribution in [0, 0.1) is 11.6 Å². The first-order valence-electron chi connectivity index (χ1n) is 12.4. The molecule has 5 rings (SSSR count). The van der Waals surface area contributed by atoms with Gasteiger partial charge in [0.05, 0.1) is 0 Å². The van der Waals surface area contributed by atoms with E-state index in [9.17, 15) is 18.4 Å². The summed E-state index contributed by atoms with van der Waals surface area (Å²) in [6, 6.07) is 11.0. The van der Waals surface area contributed by atoms with E-state index in [1.54, 1.807) is 4.90 Å². The number of carbonyl (C=O) groups excluding carboxylic acids is 2. The fourth-order valence-corrected chi connectivity index (χ4v) is 4.28. The third-order valence-corrected chi connectivity index (χ3v) is 6.19. The van der Waals surface area contributed by atoms with Crippen LogP contribution in [0.15, 0.2) is 48.7 Å². The van der Waals surface area contributed by atoms with Gasteiger partial charge >= 0.3 is 6.09 Å². The highest BCUT2D eigenvalue weighted by molar-refractivity contribution is 6.08. The van der Waals surface area contributed by atoms with Crippen molar-refractivity contribution in [1.29, 1.82) is 0 Å². The molecule has 0 saturated carbocycles. The Hall–Kier alpha value is -4.48. The Balaban J connectivity index is 1.21. The van der Waals surface area contributed by atoms with Gasteiger partial charge in [-0.1, -0.05) is 6.07 Å². The van der Waals surface area contributed by atoms with Crippen molar-refractivity contribution in [3.8, 4) is 5.88 Å². The quantitative estimate of drug-likeness (QED) is 0.517. The van der Waals surface area contributed by atoms with E-state index in [1.165, 1.54) is 12.3 Å². The van der Waals surface area contributed by atoms with Gasteiger partial charge in [0.15, 0.2) is 6.73 Å². The second kappa shape index (κ2) is 10.4. The number of amides is 2. The maximum Gasteiger partial charge on any atom is 0.410 e. The summed E-state index contributed by atoms with van der Waals surface area (Å²) < 4.78 is 39.4. The number of nitrogens with one attached hydrogen (secondary N) is 1. The molecule has 1 N–H and O–H groups in total. The van der Waals surface area contributed by atoms with Crippen molar-refractivity contribution in [2.75, 3.05) is 48.0 Å². The van der Waals surface area contributed by atoms with Crippen molar-refractivity contribution >= 4 is 35.0 Å². The molecule has 12 heteroatoms. The van der Waals surface area contributed by atoms with E-state index in [4.69, 9.17) is 9.47 Å². The molecular formula is C27H28F2N6O4. The summed E-state index contributed by atoms with van der Waals surface area (Å²) in [7, 11) is 0. The molecule has 2 aliphatic rings. The number of halogens is 2. The number of rotatable bonds is 4. The molecule has 0 aliphatic carbocycles. The van der Waals surface area contributed by atoms with E-state index in [0.717, 1.165) is 22.7 Å². The van der Waals surface area contributed by atoms with Crippen LogP contribution in [0.25, 0.3) is 0 Å². The van der Waals surface area contributed by atoms with Gasteiger partial charge in [-0.25, -0.2) is 18.6 Å². The van der Waals surface area contributed by atoms with Crippen LogP contribution in [0.3, 0.4) is 0 Å². The number of benzene rings is 2. The van der Waals surface area contributed by atoms with Gasteiger partial charge in [0, 0.05) is 43.8 Å². The molecule has 0 atom stereocenters. The van der Waals surface area contributed by atoms with Crippen molar-refractivity contribution < 1.29 is 27.8 Å². The average molecular weight is 539 g/mol. The summed E-state index contributed by atoms with van der Waals surface area (Å²) in [5.41, 5.74) is 0.701. The molecule has 1 fully saturated rings.